The van der Waals surface area contributed by atoms with Gasteiger partial charge in [0, 0.05) is 12.8 Å². The Kier molecular flexibility index (Phi) is 14.4. The highest BCUT2D eigenvalue weighted by Crippen LogP contribution is 2.47. The van der Waals surface area contributed by atoms with Gasteiger partial charge in [-0.25, -0.2) is 4.57 Å². The predicted molar refractivity (Wildman–Crippen MR) is 120 cm³/mol. The fourth-order valence-electron chi connectivity index (χ4n) is 3.34. The van der Waals surface area contributed by atoms with Crippen molar-refractivity contribution < 1.29 is 63.1 Å². The number of unbranched alkanes of at least 4 members (excludes halogenated alkanes) is 4. The van der Waals surface area contributed by atoms with E-state index in [9.17, 15) is 44.6 Å². The van der Waals surface area contributed by atoms with Crippen LogP contribution in [0, 0.1) is 0 Å². The molecule has 0 bridgehead atoms. The largest absolute Gasteiger partial charge is 0.472 e. The molecule has 1 aliphatic rings. The summed E-state index contributed by atoms with van der Waals surface area (Å²) < 4.78 is 32.2. The number of esters is 2. The zero-order valence-corrected chi connectivity index (χ0v) is 21.0. The van der Waals surface area contributed by atoms with Crippen molar-refractivity contribution in [2.45, 2.75) is 108 Å². The van der Waals surface area contributed by atoms with Crippen molar-refractivity contribution in [3.63, 3.8) is 0 Å². The topological polar surface area (TPSA) is 210 Å². The van der Waals surface area contributed by atoms with Crippen molar-refractivity contribution in [2.75, 3.05) is 13.2 Å². The maximum absolute atomic E-state index is 12.4. The second-order valence-electron chi connectivity index (χ2n) is 8.50. The van der Waals surface area contributed by atoms with Gasteiger partial charge in [-0.2, -0.15) is 0 Å². The molecule has 0 saturated heterocycles. The molecule has 1 fully saturated rings. The van der Waals surface area contributed by atoms with Crippen LogP contribution in [0.5, 0.6) is 0 Å². The molecule has 206 valence electrons. The lowest BCUT2D eigenvalue weighted by atomic mass is 9.85. The van der Waals surface area contributed by atoms with Crippen LogP contribution in [0.25, 0.3) is 0 Å². The van der Waals surface area contributed by atoms with E-state index in [0.29, 0.717) is 12.8 Å². The molecule has 0 heterocycles. The number of phosphoric acid groups is 1. The molecular formula is C21H39O13P. The van der Waals surface area contributed by atoms with Crippen LogP contribution in [-0.4, -0.2) is 98.3 Å². The van der Waals surface area contributed by atoms with Crippen molar-refractivity contribution in [1.82, 2.24) is 0 Å². The van der Waals surface area contributed by atoms with Crippen LogP contribution < -0.4 is 0 Å². The van der Waals surface area contributed by atoms with E-state index in [1.165, 1.54) is 0 Å². The molecule has 0 radical (unpaired) electrons. The molecule has 1 saturated carbocycles. The van der Waals surface area contributed by atoms with Gasteiger partial charge < -0.3 is 39.9 Å². The summed E-state index contributed by atoms with van der Waals surface area (Å²) in [5.41, 5.74) is 0. The van der Waals surface area contributed by atoms with Crippen LogP contribution in [-0.2, 0) is 32.7 Å². The summed E-state index contributed by atoms with van der Waals surface area (Å²) in [5, 5.41) is 49.0. The third-order valence-electron chi connectivity index (χ3n) is 5.45. The molecular weight excluding hydrogens is 491 g/mol. The summed E-state index contributed by atoms with van der Waals surface area (Å²) in [4.78, 5) is 34.0. The Labute approximate surface area is 204 Å². The quantitative estimate of drug-likeness (QED) is 0.0877. The molecule has 6 N–H and O–H groups in total. The Morgan fingerprint density at radius 1 is 0.771 bits per heavy atom. The van der Waals surface area contributed by atoms with E-state index in [1.807, 2.05) is 13.8 Å². The highest BCUT2D eigenvalue weighted by Gasteiger charge is 2.51. The van der Waals surface area contributed by atoms with Crippen molar-refractivity contribution in [3.05, 3.63) is 0 Å². The number of carbonyl (C=O) groups is 2. The summed E-state index contributed by atoms with van der Waals surface area (Å²) in [6.45, 7) is 2.75. The minimum atomic E-state index is -5.06. The Morgan fingerprint density at radius 3 is 1.77 bits per heavy atom. The summed E-state index contributed by atoms with van der Waals surface area (Å²) in [7, 11) is -5.06. The Balaban J connectivity index is 2.74. The Bertz CT molecular complexity index is 674. The van der Waals surface area contributed by atoms with E-state index >= 15 is 0 Å². The van der Waals surface area contributed by atoms with Gasteiger partial charge in [0.25, 0.3) is 0 Å². The van der Waals surface area contributed by atoms with Gasteiger partial charge in [0.1, 0.15) is 43.2 Å². The SMILES string of the molecule is CCCCCC(=O)OCC(COP(=O)(O)OC1[C@H](O)[C@H](O)C(O)[C@H](O)[C@H]1O)OC(=O)CCCCC. The summed E-state index contributed by atoms with van der Waals surface area (Å²) in [6.07, 6.45) is -8.31. The van der Waals surface area contributed by atoms with E-state index in [1.54, 1.807) is 0 Å². The number of ether oxygens (including phenoxy) is 2. The number of hydrogen-bond acceptors (Lipinski definition) is 12. The monoisotopic (exact) mass is 530 g/mol. The van der Waals surface area contributed by atoms with E-state index in [-0.39, 0.29) is 12.8 Å². The number of hydrogen-bond donors (Lipinski definition) is 6. The van der Waals surface area contributed by atoms with Gasteiger partial charge in [-0.15, -0.1) is 0 Å². The molecule has 13 nitrogen and oxygen atoms in total. The number of phosphoric ester groups is 1. The molecule has 14 heteroatoms. The maximum atomic E-state index is 12.4. The molecule has 1 aliphatic carbocycles. The molecule has 1 rings (SSSR count). The van der Waals surface area contributed by atoms with E-state index < -0.39 is 75.7 Å². The zero-order chi connectivity index (χ0) is 26.6. The highest BCUT2D eigenvalue weighted by molar-refractivity contribution is 7.47. The van der Waals surface area contributed by atoms with Crippen molar-refractivity contribution >= 4 is 19.8 Å². The third kappa shape index (κ3) is 11.2. The highest BCUT2D eigenvalue weighted by atomic mass is 31.2. The molecule has 0 spiro atoms. The first kappa shape index (κ1) is 31.9. The molecule has 0 amide bonds. The van der Waals surface area contributed by atoms with E-state index in [4.69, 9.17) is 18.5 Å². The molecule has 8 atom stereocenters. The first-order chi connectivity index (χ1) is 16.4. The van der Waals surface area contributed by atoms with Crippen LogP contribution in [0.2, 0.25) is 0 Å². The Hall–Kier alpha value is -1.15. The third-order valence-corrected chi connectivity index (χ3v) is 6.43. The summed E-state index contributed by atoms with van der Waals surface area (Å²) in [5.74, 6) is -1.16. The van der Waals surface area contributed by atoms with Crippen LogP contribution in [0.15, 0.2) is 0 Å². The van der Waals surface area contributed by atoms with Gasteiger partial charge in [-0.05, 0) is 12.8 Å². The molecule has 0 aromatic carbocycles. The maximum Gasteiger partial charge on any atom is 0.472 e. The molecule has 35 heavy (non-hydrogen) atoms. The van der Waals surface area contributed by atoms with E-state index in [0.717, 1.165) is 25.7 Å². The first-order valence-corrected chi connectivity index (χ1v) is 13.3. The normalized spacial score (nSPS) is 29.3. The summed E-state index contributed by atoms with van der Waals surface area (Å²) in [6, 6.07) is 0. The average molecular weight is 531 g/mol. The fourth-order valence-corrected chi connectivity index (χ4v) is 4.31. The lowest BCUT2D eigenvalue weighted by Gasteiger charge is -2.41. The zero-order valence-electron chi connectivity index (χ0n) is 20.1. The number of aliphatic hydroxyl groups is 5. The minimum Gasteiger partial charge on any atom is -0.462 e. The van der Waals surface area contributed by atoms with Crippen molar-refractivity contribution in [2.24, 2.45) is 0 Å². The molecule has 0 aliphatic heterocycles. The van der Waals surface area contributed by atoms with Gasteiger partial charge in [0.05, 0.1) is 6.61 Å². The van der Waals surface area contributed by atoms with E-state index in [2.05, 4.69) is 0 Å². The first-order valence-electron chi connectivity index (χ1n) is 11.8. The summed E-state index contributed by atoms with van der Waals surface area (Å²) >= 11 is 0. The number of carbonyl (C=O) groups excluding carboxylic acids is 2. The van der Waals surface area contributed by atoms with Crippen molar-refractivity contribution in [3.8, 4) is 0 Å². The lowest BCUT2D eigenvalue weighted by Crippen LogP contribution is -2.64. The van der Waals surface area contributed by atoms with Crippen LogP contribution >= 0.6 is 7.82 Å². The predicted octanol–water partition coefficient (Wildman–Crippen LogP) is -0.0777. The molecule has 0 aromatic rings. The van der Waals surface area contributed by atoms with Gasteiger partial charge in [0.15, 0.2) is 6.10 Å². The lowest BCUT2D eigenvalue weighted by molar-refractivity contribution is -0.220. The number of rotatable bonds is 16. The van der Waals surface area contributed by atoms with Crippen LogP contribution in [0.1, 0.15) is 65.2 Å². The second-order valence-corrected chi connectivity index (χ2v) is 9.90. The van der Waals surface area contributed by atoms with Crippen LogP contribution in [0.4, 0.5) is 0 Å². The smallest absolute Gasteiger partial charge is 0.462 e. The van der Waals surface area contributed by atoms with Gasteiger partial charge in [0.2, 0.25) is 0 Å². The minimum absolute atomic E-state index is 0.0840. The van der Waals surface area contributed by atoms with Crippen LogP contribution in [0.3, 0.4) is 0 Å². The standard InChI is InChI=1S/C21H39O13P/c1-3-5-7-9-14(22)31-11-13(33-15(23)10-8-6-4-2)12-32-35(29,30)34-21-19(27)17(25)16(24)18(26)20(21)28/h13,16-21,24-28H,3-12H2,1-2H3,(H,29,30)/t13?,16?,17-,18+,19-,20-,21?/m1/s1. The van der Waals surface area contributed by atoms with Gasteiger partial charge in [-0.1, -0.05) is 39.5 Å². The fraction of sp³-hybridized carbons (Fsp3) is 0.905. The molecule has 4 unspecified atom stereocenters. The van der Waals surface area contributed by atoms with Gasteiger partial charge >= 0.3 is 19.8 Å². The average Bonchev–Trinajstić information content (AvgIpc) is 2.81. The number of aliphatic hydroxyl groups excluding tert-OH is 5. The second kappa shape index (κ2) is 15.9. The van der Waals surface area contributed by atoms with Crippen molar-refractivity contribution in [1.29, 1.82) is 0 Å². The molecule has 0 aromatic heterocycles. The van der Waals surface area contributed by atoms with Gasteiger partial charge in [-0.3, -0.25) is 18.6 Å². The Morgan fingerprint density at radius 2 is 1.26 bits per heavy atom.